The third-order valence-electron chi connectivity index (χ3n) is 9.35. The molecule has 5 nitrogen and oxygen atoms in total. The molecule has 5 heteroatoms. The number of phenolic OH excluding ortho intramolecular Hbond substituents is 4. The van der Waals surface area contributed by atoms with Crippen LogP contribution in [0.5, 0.6) is 23.0 Å². The summed E-state index contributed by atoms with van der Waals surface area (Å²) >= 11 is 0. The number of benzene rings is 4. The predicted octanol–water partition coefficient (Wildman–Crippen LogP) is 8.89. The number of aldehydes is 1. The summed E-state index contributed by atoms with van der Waals surface area (Å²) in [4.78, 5) is 12.1. The smallest absolute Gasteiger partial charge is 0.150 e. The molecule has 0 atom stereocenters. The van der Waals surface area contributed by atoms with Crippen molar-refractivity contribution < 1.29 is 25.2 Å². The van der Waals surface area contributed by atoms with E-state index in [4.69, 9.17) is 0 Å². The van der Waals surface area contributed by atoms with Crippen LogP contribution < -0.4 is 0 Å². The Balaban J connectivity index is 1.87. The molecular formula is C41H48O5. The molecule has 8 bridgehead atoms. The van der Waals surface area contributed by atoms with Gasteiger partial charge in [0.1, 0.15) is 29.3 Å². The zero-order valence-corrected chi connectivity index (χ0v) is 28.7. The molecule has 4 aromatic rings. The maximum absolute atomic E-state index is 12.1. The van der Waals surface area contributed by atoms with Crippen molar-refractivity contribution in [2.24, 2.45) is 0 Å². The van der Waals surface area contributed by atoms with Crippen LogP contribution in [0.4, 0.5) is 0 Å². The summed E-state index contributed by atoms with van der Waals surface area (Å²) in [5.41, 5.74) is 7.86. The van der Waals surface area contributed by atoms with Gasteiger partial charge in [0, 0.05) is 31.2 Å². The summed E-state index contributed by atoms with van der Waals surface area (Å²) in [5.74, 6) is 0.414. The van der Waals surface area contributed by atoms with Crippen LogP contribution in [-0.2, 0) is 41.9 Å². The second-order valence-corrected chi connectivity index (χ2v) is 16.2. The molecule has 4 N–H and O–H groups in total. The zero-order valence-electron chi connectivity index (χ0n) is 28.7. The van der Waals surface area contributed by atoms with Crippen molar-refractivity contribution in [1.29, 1.82) is 0 Å². The molecule has 0 amide bonds. The van der Waals surface area contributed by atoms with E-state index in [0.29, 0.717) is 50.1 Å². The highest BCUT2D eigenvalue weighted by atomic mass is 16.3. The fourth-order valence-electron chi connectivity index (χ4n) is 6.33. The van der Waals surface area contributed by atoms with Gasteiger partial charge in [-0.1, -0.05) is 98.7 Å². The van der Waals surface area contributed by atoms with E-state index in [2.05, 4.69) is 62.3 Å². The highest BCUT2D eigenvalue weighted by Gasteiger charge is 2.26. The lowest BCUT2D eigenvalue weighted by molar-refractivity contribution is 0.112. The molecule has 0 spiro atoms. The van der Waals surface area contributed by atoms with Gasteiger partial charge in [0.15, 0.2) is 0 Å². The number of phenols is 4. The molecule has 1 aliphatic rings. The number of aromatic hydroxyl groups is 4. The van der Waals surface area contributed by atoms with Crippen LogP contribution in [0.1, 0.15) is 134 Å². The van der Waals surface area contributed by atoms with Crippen molar-refractivity contribution in [1.82, 2.24) is 0 Å². The van der Waals surface area contributed by atoms with Crippen molar-refractivity contribution in [3.05, 3.63) is 115 Å². The van der Waals surface area contributed by atoms with Gasteiger partial charge in [0.25, 0.3) is 0 Å². The number of rotatable bonds is 1. The average Bonchev–Trinajstić information content (AvgIpc) is 2.94. The molecule has 46 heavy (non-hydrogen) atoms. The minimum atomic E-state index is -0.235. The van der Waals surface area contributed by atoms with Crippen LogP contribution >= 0.6 is 0 Å². The molecule has 0 fully saturated rings. The molecular weight excluding hydrogens is 572 g/mol. The van der Waals surface area contributed by atoms with Gasteiger partial charge >= 0.3 is 0 Å². The van der Waals surface area contributed by atoms with Crippen LogP contribution in [0.15, 0.2) is 48.5 Å². The quantitative estimate of drug-likeness (QED) is 0.140. The Kier molecular flexibility index (Phi) is 8.30. The summed E-state index contributed by atoms with van der Waals surface area (Å²) < 4.78 is 0. The Bertz CT molecular complexity index is 1720. The van der Waals surface area contributed by atoms with Gasteiger partial charge in [-0.05, 0) is 89.6 Å². The van der Waals surface area contributed by atoms with E-state index in [1.165, 1.54) is 0 Å². The largest absolute Gasteiger partial charge is 0.507 e. The Hall–Kier alpha value is -4.25. The number of carbonyl (C=O) groups excluding carboxylic acids is 1. The van der Waals surface area contributed by atoms with E-state index in [-0.39, 0.29) is 64.9 Å². The van der Waals surface area contributed by atoms with Gasteiger partial charge in [-0.3, -0.25) is 4.79 Å². The molecule has 0 unspecified atom stereocenters. The van der Waals surface area contributed by atoms with Crippen molar-refractivity contribution >= 4 is 6.29 Å². The lowest BCUT2D eigenvalue weighted by Crippen LogP contribution is -2.15. The summed E-state index contributed by atoms with van der Waals surface area (Å²) in [6.45, 7) is 19.1. The molecule has 0 aliphatic heterocycles. The molecule has 1 aliphatic carbocycles. The summed E-state index contributed by atoms with van der Waals surface area (Å²) in [6.07, 6.45) is 1.73. The maximum Gasteiger partial charge on any atom is 0.150 e. The Morgan fingerprint density at radius 3 is 0.783 bits per heavy atom. The molecule has 242 valence electrons. The van der Waals surface area contributed by atoms with E-state index in [1.54, 1.807) is 12.1 Å². The Morgan fingerprint density at radius 2 is 0.609 bits per heavy atom. The summed E-state index contributed by atoms with van der Waals surface area (Å²) in [5, 5.41) is 46.9. The molecule has 0 radical (unpaired) electrons. The van der Waals surface area contributed by atoms with Crippen LogP contribution in [-0.4, -0.2) is 26.7 Å². The molecule has 0 aromatic heterocycles. The molecule has 0 heterocycles. The second-order valence-electron chi connectivity index (χ2n) is 16.2. The standard InChI is InChI=1S/C41H48O5/c1-39(2,3)32-16-26-12-24-10-23(22-42)11-25(35(24)43)13-27-17-33(40(4,5)6)19-29(37(27)45)15-31-21-34(41(7,8)9)20-30(38(31)46)14-28(18-32)36(26)44/h10-11,16-22,43-46H,12-15H2,1-9H3. The van der Waals surface area contributed by atoms with Crippen LogP contribution in [0, 0.1) is 0 Å². The SMILES string of the molecule is CC(C)(C)c1cc2c(O)c(c1)Cc1cc(C(C)(C)C)cc(c1O)Cc1cc(C(C)(C)C)cc(c1O)Cc1cc(C=O)cc(c1O)C2. The third kappa shape index (κ3) is 6.51. The van der Waals surface area contributed by atoms with Gasteiger partial charge in [0.2, 0.25) is 0 Å². The van der Waals surface area contributed by atoms with Gasteiger partial charge in [0.05, 0.1) is 0 Å². The highest BCUT2D eigenvalue weighted by molar-refractivity contribution is 5.77. The van der Waals surface area contributed by atoms with Crippen molar-refractivity contribution in [2.45, 2.75) is 104 Å². The summed E-state index contributed by atoms with van der Waals surface area (Å²) in [7, 11) is 0. The number of hydrogen-bond donors (Lipinski definition) is 4. The van der Waals surface area contributed by atoms with Crippen LogP contribution in [0.25, 0.3) is 0 Å². The van der Waals surface area contributed by atoms with E-state index in [0.717, 1.165) is 23.0 Å². The first-order valence-electron chi connectivity index (χ1n) is 16.1. The highest BCUT2D eigenvalue weighted by Crippen LogP contribution is 2.42. The third-order valence-corrected chi connectivity index (χ3v) is 9.35. The van der Waals surface area contributed by atoms with Crippen molar-refractivity contribution in [3.63, 3.8) is 0 Å². The molecule has 0 saturated carbocycles. The Labute approximate surface area is 273 Å². The topological polar surface area (TPSA) is 98.0 Å². The average molecular weight is 621 g/mol. The van der Waals surface area contributed by atoms with Gasteiger partial charge < -0.3 is 20.4 Å². The monoisotopic (exact) mass is 620 g/mol. The number of fused-ring (bicyclic) bond motifs is 8. The van der Waals surface area contributed by atoms with E-state index in [9.17, 15) is 25.2 Å². The first-order chi connectivity index (χ1) is 21.3. The lowest BCUT2D eigenvalue weighted by Gasteiger charge is -2.26. The second kappa shape index (κ2) is 11.5. The summed E-state index contributed by atoms with van der Waals surface area (Å²) in [6, 6.07) is 15.3. The van der Waals surface area contributed by atoms with E-state index in [1.807, 2.05) is 36.4 Å². The number of hydrogen-bond acceptors (Lipinski definition) is 5. The molecule has 4 aromatic carbocycles. The predicted molar refractivity (Wildman–Crippen MR) is 185 cm³/mol. The number of carbonyl (C=O) groups is 1. The minimum Gasteiger partial charge on any atom is -0.507 e. The van der Waals surface area contributed by atoms with Crippen molar-refractivity contribution in [2.75, 3.05) is 0 Å². The molecule has 5 rings (SSSR count). The van der Waals surface area contributed by atoms with Crippen molar-refractivity contribution in [3.8, 4) is 23.0 Å². The first-order valence-corrected chi connectivity index (χ1v) is 16.1. The van der Waals surface area contributed by atoms with E-state index >= 15 is 0 Å². The van der Waals surface area contributed by atoms with Gasteiger partial charge in [-0.2, -0.15) is 0 Å². The Morgan fingerprint density at radius 1 is 0.413 bits per heavy atom. The van der Waals surface area contributed by atoms with Gasteiger partial charge in [-0.25, -0.2) is 0 Å². The fourth-order valence-corrected chi connectivity index (χ4v) is 6.33. The normalized spacial score (nSPS) is 13.8. The lowest BCUT2D eigenvalue weighted by atomic mass is 9.80. The minimum absolute atomic E-state index is 0.0413. The van der Waals surface area contributed by atoms with Crippen LogP contribution in [0.3, 0.4) is 0 Å². The van der Waals surface area contributed by atoms with Crippen LogP contribution in [0.2, 0.25) is 0 Å². The first kappa shape index (κ1) is 33.1. The van der Waals surface area contributed by atoms with Gasteiger partial charge in [-0.15, -0.1) is 0 Å². The zero-order chi connectivity index (χ0) is 33.9. The van der Waals surface area contributed by atoms with E-state index < -0.39 is 0 Å². The fraction of sp³-hybridized carbons (Fsp3) is 0.390. The molecule has 0 saturated heterocycles. The maximum atomic E-state index is 12.1.